The van der Waals surface area contributed by atoms with Crippen molar-refractivity contribution in [2.24, 2.45) is 0 Å². The molecular weight excluding hydrogens is 360 g/mol. The van der Waals surface area contributed by atoms with Gasteiger partial charge in [0.25, 0.3) is 5.91 Å². The normalized spacial score (nSPS) is 16.3. The van der Waals surface area contributed by atoms with Crippen LogP contribution in [0, 0.1) is 0 Å². The summed E-state index contributed by atoms with van der Waals surface area (Å²) in [5.74, 6) is -1.14. The van der Waals surface area contributed by atoms with Gasteiger partial charge in [-0.05, 0) is 42.8 Å². The minimum atomic E-state index is -0.711. The summed E-state index contributed by atoms with van der Waals surface area (Å²) < 4.78 is 5.16. The highest BCUT2D eigenvalue weighted by molar-refractivity contribution is 6.23. The summed E-state index contributed by atoms with van der Waals surface area (Å²) >= 11 is 0. The van der Waals surface area contributed by atoms with Crippen LogP contribution in [0.5, 0.6) is 5.75 Å². The second-order valence-electron chi connectivity index (χ2n) is 6.56. The van der Waals surface area contributed by atoms with Crippen LogP contribution in [0.1, 0.15) is 36.5 Å². The predicted molar refractivity (Wildman–Crippen MR) is 104 cm³/mol. The van der Waals surface area contributed by atoms with E-state index in [1.807, 2.05) is 6.92 Å². The molecule has 1 fully saturated rings. The Bertz CT molecular complexity index is 879. The summed E-state index contributed by atoms with van der Waals surface area (Å²) in [6.07, 6.45) is 1.78. The summed E-state index contributed by atoms with van der Waals surface area (Å²) in [6.45, 7) is 2.41. The molecular formula is C21H22N2O5. The lowest BCUT2D eigenvalue weighted by Crippen LogP contribution is -2.34. The third-order valence-electron chi connectivity index (χ3n) is 4.43. The van der Waals surface area contributed by atoms with E-state index in [9.17, 15) is 19.5 Å². The van der Waals surface area contributed by atoms with Crippen LogP contribution < -0.4 is 10.2 Å². The van der Waals surface area contributed by atoms with Gasteiger partial charge in [0.1, 0.15) is 11.8 Å². The average molecular weight is 382 g/mol. The number of nitrogens with one attached hydrogen (secondary N) is 1. The van der Waals surface area contributed by atoms with Crippen molar-refractivity contribution in [2.75, 3.05) is 16.8 Å². The molecule has 146 valence electrons. The molecule has 1 heterocycles. The molecule has 7 heteroatoms. The van der Waals surface area contributed by atoms with E-state index in [-0.39, 0.29) is 24.0 Å². The number of carbonyl (C=O) groups is 3. The molecule has 2 N–H and O–H groups in total. The highest BCUT2D eigenvalue weighted by Crippen LogP contribution is 2.27. The van der Waals surface area contributed by atoms with Crippen molar-refractivity contribution in [3.8, 4) is 5.75 Å². The number of phenolic OH excluding ortho intramolecular Hbond substituents is 1. The lowest BCUT2D eigenvalue weighted by Gasteiger charge is -2.16. The van der Waals surface area contributed by atoms with E-state index in [0.29, 0.717) is 23.5 Å². The molecule has 0 radical (unpaired) electrons. The van der Waals surface area contributed by atoms with E-state index in [1.165, 1.54) is 12.1 Å². The summed E-state index contributed by atoms with van der Waals surface area (Å²) in [7, 11) is 0. The van der Waals surface area contributed by atoms with E-state index in [0.717, 1.165) is 17.7 Å². The van der Waals surface area contributed by atoms with Gasteiger partial charge in [0.2, 0.25) is 5.91 Å². The number of aromatic hydroxyl groups is 1. The van der Waals surface area contributed by atoms with Gasteiger partial charge in [-0.1, -0.05) is 19.4 Å². The zero-order valence-corrected chi connectivity index (χ0v) is 15.6. The van der Waals surface area contributed by atoms with Crippen LogP contribution in [0.2, 0.25) is 0 Å². The number of imide groups is 1. The lowest BCUT2D eigenvalue weighted by atomic mass is 10.2. The number of nitrogens with zero attached hydrogens (tertiary/aromatic N) is 1. The van der Waals surface area contributed by atoms with Crippen LogP contribution in [-0.2, 0) is 14.3 Å². The molecule has 0 saturated carbocycles. The zero-order chi connectivity index (χ0) is 20.1. The molecule has 2 amide bonds. The van der Waals surface area contributed by atoms with E-state index in [2.05, 4.69) is 5.32 Å². The van der Waals surface area contributed by atoms with Gasteiger partial charge < -0.3 is 15.2 Å². The van der Waals surface area contributed by atoms with Crippen LogP contribution in [-0.4, -0.2) is 35.5 Å². The third kappa shape index (κ3) is 4.31. The fourth-order valence-electron chi connectivity index (χ4n) is 2.94. The Balaban J connectivity index is 1.65. The van der Waals surface area contributed by atoms with Crippen molar-refractivity contribution in [1.82, 2.24) is 0 Å². The predicted octanol–water partition coefficient (Wildman–Crippen LogP) is 3.09. The Morgan fingerprint density at radius 2 is 1.96 bits per heavy atom. The zero-order valence-electron chi connectivity index (χ0n) is 15.6. The molecule has 28 heavy (non-hydrogen) atoms. The minimum Gasteiger partial charge on any atom is -0.508 e. The van der Waals surface area contributed by atoms with Gasteiger partial charge in [-0.15, -0.1) is 0 Å². The van der Waals surface area contributed by atoms with Crippen LogP contribution >= 0.6 is 0 Å². The monoisotopic (exact) mass is 382 g/mol. The first-order chi connectivity index (χ1) is 13.5. The summed E-state index contributed by atoms with van der Waals surface area (Å²) in [6, 6.07) is 11.9. The molecule has 1 aliphatic rings. The smallest absolute Gasteiger partial charge is 0.338 e. The highest BCUT2D eigenvalue weighted by Gasteiger charge is 2.39. The number of amides is 2. The largest absolute Gasteiger partial charge is 0.508 e. The van der Waals surface area contributed by atoms with Gasteiger partial charge in [0, 0.05) is 11.8 Å². The Hall–Kier alpha value is -3.35. The van der Waals surface area contributed by atoms with Crippen molar-refractivity contribution in [3.63, 3.8) is 0 Å². The molecule has 1 unspecified atom stereocenters. The van der Waals surface area contributed by atoms with Crippen LogP contribution in [0.3, 0.4) is 0 Å². The van der Waals surface area contributed by atoms with Gasteiger partial charge in [0.15, 0.2) is 0 Å². The van der Waals surface area contributed by atoms with Crippen molar-refractivity contribution < 1.29 is 24.2 Å². The Morgan fingerprint density at radius 1 is 1.21 bits per heavy atom. The molecule has 2 aromatic rings. The van der Waals surface area contributed by atoms with Crippen LogP contribution in [0.15, 0.2) is 48.5 Å². The maximum atomic E-state index is 12.6. The average Bonchev–Trinajstić information content (AvgIpc) is 2.95. The first-order valence-electron chi connectivity index (χ1n) is 9.19. The highest BCUT2D eigenvalue weighted by atomic mass is 16.5. The number of hydrogen-bond donors (Lipinski definition) is 2. The Labute approximate surface area is 162 Å². The number of esters is 1. The van der Waals surface area contributed by atoms with Gasteiger partial charge >= 0.3 is 5.97 Å². The number of hydrogen-bond acceptors (Lipinski definition) is 6. The Morgan fingerprint density at radius 3 is 2.64 bits per heavy atom. The number of phenols is 1. The summed E-state index contributed by atoms with van der Waals surface area (Å²) in [5, 5.41) is 12.6. The molecule has 0 bridgehead atoms. The molecule has 7 nitrogen and oxygen atoms in total. The van der Waals surface area contributed by atoms with Gasteiger partial charge in [-0.2, -0.15) is 0 Å². The van der Waals surface area contributed by atoms with Crippen LogP contribution in [0.4, 0.5) is 11.4 Å². The van der Waals surface area contributed by atoms with E-state index in [1.54, 1.807) is 36.4 Å². The van der Waals surface area contributed by atoms with Crippen molar-refractivity contribution in [3.05, 3.63) is 54.1 Å². The SMILES string of the molecule is CCCCOC(=O)c1ccc(NC2CC(=O)N(c3cccc(O)c3)C2=O)cc1. The van der Waals surface area contributed by atoms with Crippen molar-refractivity contribution >= 4 is 29.2 Å². The van der Waals surface area contributed by atoms with E-state index < -0.39 is 11.9 Å². The second-order valence-corrected chi connectivity index (χ2v) is 6.56. The van der Waals surface area contributed by atoms with Gasteiger partial charge in [-0.25, -0.2) is 9.69 Å². The maximum absolute atomic E-state index is 12.6. The molecule has 1 saturated heterocycles. The third-order valence-corrected chi connectivity index (χ3v) is 4.43. The van der Waals surface area contributed by atoms with Gasteiger partial charge in [-0.3, -0.25) is 9.59 Å². The fraction of sp³-hybridized carbons (Fsp3) is 0.286. The van der Waals surface area contributed by atoms with E-state index >= 15 is 0 Å². The number of anilines is 2. The topological polar surface area (TPSA) is 95.9 Å². The van der Waals surface area contributed by atoms with Crippen LogP contribution in [0.25, 0.3) is 0 Å². The molecule has 1 atom stereocenters. The van der Waals surface area contributed by atoms with E-state index in [4.69, 9.17) is 4.74 Å². The van der Waals surface area contributed by atoms with Gasteiger partial charge in [0.05, 0.1) is 24.3 Å². The first kappa shape index (κ1) is 19.4. The standard InChI is InChI=1S/C21H22N2O5/c1-2-3-11-28-21(27)14-7-9-15(10-8-14)22-18-13-19(25)23(20(18)26)16-5-4-6-17(24)12-16/h4-10,12,18,22,24H,2-3,11,13H2,1H3. The molecule has 0 aromatic heterocycles. The quantitative estimate of drug-likeness (QED) is 0.434. The molecule has 3 rings (SSSR count). The maximum Gasteiger partial charge on any atom is 0.338 e. The lowest BCUT2D eigenvalue weighted by molar-refractivity contribution is -0.121. The number of rotatable bonds is 7. The summed E-state index contributed by atoms with van der Waals surface area (Å²) in [4.78, 5) is 37.9. The summed E-state index contributed by atoms with van der Waals surface area (Å²) in [5.41, 5.74) is 1.38. The fourth-order valence-corrected chi connectivity index (χ4v) is 2.94. The molecule has 0 spiro atoms. The number of carbonyl (C=O) groups excluding carboxylic acids is 3. The first-order valence-corrected chi connectivity index (χ1v) is 9.19. The molecule has 0 aliphatic carbocycles. The Kier molecular flexibility index (Phi) is 5.93. The second kappa shape index (κ2) is 8.56. The molecule has 1 aliphatic heterocycles. The van der Waals surface area contributed by atoms with Crippen molar-refractivity contribution in [2.45, 2.75) is 32.2 Å². The number of benzene rings is 2. The minimum absolute atomic E-state index is 0.00923. The van der Waals surface area contributed by atoms with Crippen molar-refractivity contribution in [1.29, 1.82) is 0 Å². The number of ether oxygens (including phenoxy) is 1. The number of unbranched alkanes of at least 4 members (excludes halogenated alkanes) is 1. The molecule has 2 aromatic carbocycles.